The molecular weight excluding hydrogens is 274 g/mol. The van der Waals surface area contributed by atoms with Crippen molar-refractivity contribution in [2.45, 2.75) is 6.36 Å². The molecule has 102 valence electrons. The molecule has 5 nitrogen and oxygen atoms in total. The molecule has 0 saturated heterocycles. The van der Waals surface area contributed by atoms with Crippen LogP contribution < -0.4 is 9.82 Å². The fourth-order valence-electron chi connectivity index (χ4n) is 1.09. The molecule has 0 unspecified atom stereocenters. The van der Waals surface area contributed by atoms with E-state index in [0.717, 1.165) is 20.3 Å². The largest absolute Gasteiger partial charge is 0.573 e. The topological polar surface area (TPSA) is 56.8 Å². The molecule has 1 aromatic carbocycles. The van der Waals surface area contributed by atoms with Crippen molar-refractivity contribution in [3.05, 3.63) is 24.3 Å². The van der Waals surface area contributed by atoms with Crippen molar-refractivity contribution in [2.24, 2.45) is 0 Å². The third-order valence-corrected chi connectivity index (χ3v) is 3.33. The van der Waals surface area contributed by atoms with E-state index in [1.807, 2.05) is 0 Å². The first-order chi connectivity index (χ1) is 8.29. The number of benzene rings is 1. The van der Waals surface area contributed by atoms with Crippen LogP contribution in [0, 0.1) is 0 Å². The van der Waals surface area contributed by atoms with E-state index in [-0.39, 0.29) is 5.69 Å². The van der Waals surface area contributed by atoms with Crippen LogP contribution >= 0.6 is 7.75 Å². The van der Waals surface area contributed by atoms with E-state index in [1.54, 1.807) is 0 Å². The maximum Gasteiger partial charge on any atom is 0.573 e. The summed E-state index contributed by atoms with van der Waals surface area (Å²) in [6.45, 7) is 0. The second-order valence-electron chi connectivity index (χ2n) is 3.02. The van der Waals surface area contributed by atoms with Gasteiger partial charge in [-0.05, 0) is 12.1 Å². The van der Waals surface area contributed by atoms with Gasteiger partial charge in [0.1, 0.15) is 0 Å². The second kappa shape index (κ2) is 5.60. The zero-order valence-corrected chi connectivity index (χ0v) is 10.4. The van der Waals surface area contributed by atoms with Gasteiger partial charge in [0.2, 0.25) is 0 Å². The van der Waals surface area contributed by atoms with E-state index in [2.05, 4.69) is 18.9 Å². The molecule has 0 saturated carbocycles. The Bertz CT molecular complexity index is 444. The Hall–Kier alpha value is -1.24. The third kappa shape index (κ3) is 4.21. The monoisotopic (exact) mass is 285 g/mol. The summed E-state index contributed by atoms with van der Waals surface area (Å²) in [5.41, 5.74) is -0.151. The first kappa shape index (κ1) is 14.8. The third-order valence-electron chi connectivity index (χ3n) is 1.85. The van der Waals surface area contributed by atoms with Crippen LogP contribution in [0.5, 0.6) is 5.75 Å². The smallest absolute Gasteiger partial charge is 0.404 e. The molecule has 1 aromatic rings. The van der Waals surface area contributed by atoms with E-state index in [9.17, 15) is 17.7 Å². The van der Waals surface area contributed by atoms with E-state index in [4.69, 9.17) is 0 Å². The zero-order chi connectivity index (χ0) is 13.8. The predicted octanol–water partition coefficient (Wildman–Crippen LogP) is 3.40. The number of halogens is 3. The van der Waals surface area contributed by atoms with Crippen LogP contribution in [-0.4, -0.2) is 20.6 Å². The van der Waals surface area contributed by atoms with Crippen molar-refractivity contribution in [1.29, 1.82) is 0 Å². The number of hydrogen-bond acceptors (Lipinski definition) is 4. The van der Waals surface area contributed by atoms with Crippen LogP contribution in [0.25, 0.3) is 0 Å². The Labute approximate surface area is 101 Å². The number of hydrogen-bond donors (Lipinski definition) is 1. The molecule has 0 aliphatic carbocycles. The van der Waals surface area contributed by atoms with Crippen molar-refractivity contribution in [1.82, 2.24) is 0 Å². The molecule has 0 aliphatic heterocycles. The van der Waals surface area contributed by atoms with E-state index in [1.165, 1.54) is 18.2 Å². The highest BCUT2D eigenvalue weighted by Crippen LogP contribution is 2.48. The molecule has 0 spiro atoms. The van der Waals surface area contributed by atoms with Crippen molar-refractivity contribution < 1.29 is 31.5 Å². The van der Waals surface area contributed by atoms with Gasteiger partial charge in [0.15, 0.2) is 5.75 Å². The van der Waals surface area contributed by atoms with Crippen LogP contribution in [0.2, 0.25) is 0 Å². The lowest BCUT2D eigenvalue weighted by atomic mass is 10.3. The summed E-state index contributed by atoms with van der Waals surface area (Å²) in [4.78, 5) is 0. The van der Waals surface area contributed by atoms with Crippen molar-refractivity contribution in [3.8, 4) is 5.75 Å². The van der Waals surface area contributed by atoms with Gasteiger partial charge in [-0.25, -0.2) is 4.57 Å². The van der Waals surface area contributed by atoms with Gasteiger partial charge >= 0.3 is 14.1 Å². The highest BCUT2D eigenvalue weighted by atomic mass is 31.2. The van der Waals surface area contributed by atoms with Gasteiger partial charge < -0.3 is 4.74 Å². The molecule has 1 rings (SSSR count). The quantitative estimate of drug-likeness (QED) is 0.840. The van der Waals surface area contributed by atoms with Crippen molar-refractivity contribution in [3.63, 3.8) is 0 Å². The molecule has 1 N–H and O–H groups in total. The van der Waals surface area contributed by atoms with Gasteiger partial charge in [-0.1, -0.05) is 12.1 Å². The van der Waals surface area contributed by atoms with Gasteiger partial charge in [-0.2, -0.15) is 0 Å². The van der Waals surface area contributed by atoms with Crippen molar-refractivity contribution >= 4 is 13.4 Å². The van der Waals surface area contributed by atoms with Gasteiger partial charge in [-0.3, -0.25) is 14.1 Å². The maximum atomic E-state index is 12.1. The van der Waals surface area contributed by atoms with Gasteiger partial charge in [0.25, 0.3) is 0 Å². The summed E-state index contributed by atoms with van der Waals surface area (Å²) in [5, 5.41) is 2.23. The van der Waals surface area contributed by atoms with Gasteiger partial charge in [0.05, 0.1) is 5.69 Å². The molecule has 0 atom stereocenters. The van der Waals surface area contributed by atoms with Gasteiger partial charge in [0, 0.05) is 14.2 Å². The average molecular weight is 285 g/mol. The number of para-hydroxylation sites is 2. The molecule has 0 aromatic heterocycles. The molecule has 0 aliphatic rings. The minimum atomic E-state index is -4.85. The van der Waals surface area contributed by atoms with Crippen LogP contribution in [0.3, 0.4) is 0 Å². The Kier molecular flexibility index (Phi) is 4.61. The first-order valence-corrected chi connectivity index (χ1v) is 6.18. The average Bonchev–Trinajstić information content (AvgIpc) is 2.30. The summed E-state index contributed by atoms with van der Waals surface area (Å²) in [6, 6.07) is 5.12. The summed E-state index contributed by atoms with van der Waals surface area (Å²) < 4.78 is 61.1. The Balaban J connectivity index is 2.99. The van der Waals surface area contributed by atoms with Crippen LogP contribution in [-0.2, 0) is 13.6 Å². The number of nitrogens with one attached hydrogen (secondary N) is 1. The normalized spacial score (nSPS) is 12.3. The van der Waals surface area contributed by atoms with E-state index in [0.29, 0.717) is 0 Å². The van der Waals surface area contributed by atoms with E-state index >= 15 is 0 Å². The van der Waals surface area contributed by atoms with Gasteiger partial charge in [-0.15, -0.1) is 13.2 Å². The molecular formula is C9H11F3NO4P. The Morgan fingerprint density at radius 3 is 2.22 bits per heavy atom. The first-order valence-electron chi connectivity index (χ1n) is 4.64. The summed E-state index contributed by atoms with van der Waals surface area (Å²) in [5.74, 6) is -0.528. The lowest BCUT2D eigenvalue weighted by Crippen LogP contribution is -2.18. The highest BCUT2D eigenvalue weighted by molar-refractivity contribution is 7.55. The Morgan fingerprint density at radius 1 is 1.17 bits per heavy atom. The van der Waals surface area contributed by atoms with E-state index < -0.39 is 19.9 Å². The second-order valence-corrected chi connectivity index (χ2v) is 4.97. The number of anilines is 1. The highest BCUT2D eigenvalue weighted by Gasteiger charge is 2.33. The fraction of sp³-hybridized carbons (Fsp3) is 0.333. The molecule has 18 heavy (non-hydrogen) atoms. The zero-order valence-electron chi connectivity index (χ0n) is 9.52. The molecule has 0 amide bonds. The minimum Gasteiger partial charge on any atom is -0.404 e. The Morgan fingerprint density at radius 2 is 1.72 bits per heavy atom. The number of ether oxygens (including phenoxy) is 1. The van der Waals surface area contributed by atoms with Crippen LogP contribution in [0.1, 0.15) is 0 Å². The fourth-order valence-corrected chi connectivity index (χ4v) is 1.90. The number of rotatable bonds is 5. The lowest BCUT2D eigenvalue weighted by Gasteiger charge is -2.18. The maximum absolute atomic E-state index is 12.1. The van der Waals surface area contributed by atoms with Crippen LogP contribution in [0.15, 0.2) is 24.3 Å². The molecule has 0 bridgehead atoms. The SMILES string of the molecule is COP(=O)(Nc1ccccc1OC(F)(F)F)OC. The molecule has 0 fully saturated rings. The summed E-state index contributed by atoms with van der Waals surface area (Å²) >= 11 is 0. The molecule has 0 heterocycles. The molecule has 0 radical (unpaired) electrons. The number of alkyl halides is 3. The summed E-state index contributed by atoms with van der Waals surface area (Å²) in [7, 11) is -1.49. The minimum absolute atomic E-state index is 0.151. The summed E-state index contributed by atoms with van der Waals surface area (Å²) in [6.07, 6.45) is -4.85. The molecule has 9 heteroatoms. The standard InChI is InChI=1S/C9H11F3NO4P/c1-15-18(14,16-2)13-7-5-3-4-6-8(7)17-9(10,11)12/h3-6H,1-2H3,(H,13,14). The van der Waals surface area contributed by atoms with Crippen LogP contribution in [0.4, 0.5) is 18.9 Å². The lowest BCUT2D eigenvalue weighted by molar-refractivity contribution is -0.274. The predicted molar refractivity (Wildman–Crippen MR) is 58.4 cm³/mol. The van der Waals surface area contributed by atoms with Crippen molar-refractivity contribution in [2.75, 3.05) is 19.3 Å².